The van der Waals surface area contributed by atoms with Gasteiger partial charge in [-0.25, -0.2) is 0 Å². The van der Waals surface area contributed by atoms with Crippen LogP contribution in [0.1, 0.15) is 0 Å². The van der Waals surface area contributed by atoms with E-state index >= 15 is 0 Å². The smallest absolute Gasteiger partial charge is 0.301 e. The normalized spacial score (nSPS) is 17.7. The lowest BCUT2D eigenvalue weighted by Gasteiger charge is -2.27. The van der Waals surface area contributed by atoms with Crippen molar-refractivity contribution in [1.29, 1.82) is 0 Å². The van der Waals surface area contributed by atoms with Crippen LogP contribution in [0.2, 0.25) is 10.0 Å². The first-order valence-electron chi connectivity index (χ1n) is 5.43. The van der Waals surface area contributed by atoms with Crippen LogP contribution in [0.25, 0.3) is 0 Å². The van der Waals surface area contributed by atoms with E-state index in [9.17, 15) is 8.42 Å². The second-order valence-corrected chi connectivity index (χ2v) is 6.31. The number of benzene rings is 1. The minimum Gasteiger partial charge on any atom is -0.314 e. The van der Waals surface area contributed by atoms with E-state index in [4.69, 9.17) is 23.2 Å². The fourth-order valence-electron chi connectivity index (χ4n) is 1.67. The molecule has 1 aliphatic heterocycles. The van der Waals surface area contributed by atoms with Crippen molar-refractivity contribution in [2.75, 3.05) is 30.9 Å². The van der Waals surface area contributed by atoms with Gasteiger partial charge in [-0.1, -0.05) is 29.3 Å². The third kappa shape index (κ3) is 3.07. The molecule has 1 heterocycles. The quantitative estimate of drug-likeness (QED) is 0.890. The number of anilines is 1. The van der Waals surface area contributed by atoms with Crippen LogP contribution >= 0.6 is 23.2 Å². The van der Waals surface area contributed by atoms with Crippen molar-refractivity contribution in [2.45, 2.75) is 0 Å². The molecule has 1 aromatic carbocycles. The van der Waals surface area contributed by atoms with E-state index in [0.29, 0.717) is 36.9 Å². The van der Waals surface area contributed by atoms with E-state index in [2.05, 4.69) is 10.0 Å². The van der Waals surface area contributed by atoms with Crippen molar-refractivity contribution in [1.82, 2.24) is 9.62 Å². The highest BCUT2D eigenvalue weighted by Gasteiger charge is 2.24. The number of hydrogen-bond acceptors (Lipinski definition) is 3. The summed E-state index contributed by atoms with van der Waals surface area (Å²) in [4.78, 5) is 0. The highest BCUT2D eigenvalue weighted by molar-refractivity contribution is 7.90. The van der Waals surface area contributed by atoms with Crippen LogP contribution in [0.15, 0.2) is 18.2 Å². The number of halogens is 2. The van der Waals surface area contributed by atoms with E-state index in [0.717, 1.165) is 0 Å². The topological polar surface area (TPSA) is 61.4 Å². The summed E-state index contributed by atoms with van der Waals surface area (Å²) >= 11 is 11.8. The molecule has 0 radical (unpaired) electrons. The van der Waals surface area contributed by atoms with Gasteiger partial charge in [0.15, 0.2) is 0 Å². The summed E-state index contributed by atoms with van der Waals surface area (Å²) in [6, 6.07) is 4.82. The number of nitrogens with one attached hydrogen (secondary N) is 2. The third-order valence-corrected chi connectivity index (χ3v) is 4.95. The Morgan fingerprint density at radius 2 is 1.89 bits per heavy atom. The maximum Gasteiger partial charge on any atom is 0.301 e. The van der Waals surface area contributed by atoms with Crippen molar-refractivity contribution >= 4 is 39.1 Å². The highest BCUT2D eigenvalue weighted by Crippen LogP contribution is 2.30. The summed E-state index contributed by atoms with van der Waals surface area (Å²) in [6.45, 7) is 2.16. The number of rotatable bonds is 3. The van der Waals surface area contributed by atoms with Crippen molar-refractivity contribution < 1.29 is 8.42 Å². The molecule has 1 aliphatic rings. The summed E-state index contributed by atoms with van der Waals surface area (Å²) in [7, 11) is -3.58. The van der Waals surface area contributed by atoms with Gasteiger partial charge in [-0.15, -0.1) is 0 Å². The maximum atomic E-state index is 12.1. The second-order valence-electron chi connectivity index (χ2n) is 3.86. The molecule has 5 nitrogen and oxygen atoms in total. The van der Waals surface area contributed by atoms with Gasteiger partial charge in [-0.3, -0.25) is 4.72 Å². The van der Waals surface area contributed by atoms with E-state index in [1.807, 2.05) is 0 Å². The molecule has 0 spiro atoms. The minimum absolute atomic E-state index is 0.206. The lowest BCUT2D eigenvalue weighted by atomic mass is 10.3. The van der Waals surface area contributed by atoms with Crippen LogP contribution < -0.4 is 10.0 Å². The molecule has 0 amide bonds. The molecule has 0 unspecified atom stereocenters. The molecule has 0 atom stereocenters. The fraction of sp³-hybridized carbons (Fsp3) is 0.400. The SMILES string of the molecule is O=S(=O)(Nc1cccc(Cl)c1Cl)N1CCNCC1. The first kappa shape index (κ1) is 13.9. The molecule has 1 fully saturated rings. The third-order valence-electron chi connectivity index (χ3n) is 2.61. The van der Waals surface area contributed by atoms with Gasteiger partial charge in [-0.05, 0) is 12.1 Å². The molecule has 1 saturated heterocycles. The molecule has 8 heteroatoms. The monoisotopic (exact) mass is 309 g/mol. The largest absolute Gasteiger partial charge is 0.314 e. The Balaban J connectivity index is 2.19. The molecule has 0 aliphatic carbocycles. The summed E-state index contributed by atoms with van der Waals surface area (Å²) in [6.07, 6.45) is 0. The standard InChI is InChI=1S/C10H13Cl2N3O2S/c11-8-2-1-3-9(10(8)12)14-18(16,17)15-6-4-13-5-7-15/h1-3,13-14H,4-7H2. The Hall–Kier alpha value is -0.530. The molecule has 2 rings (SSSR count). The van der Waals surface area contributed by atoms with E-state index in [1.165, 1.54) is 4.31 Å². The molecule has 1 aromatic rings. The van der Waals surface area contributed by atoms with E-state index < -0.39 is 10.2 Å². The molecule has 2 N–H and O–H groups in total. The first-order chi connectivity index (χ1) is 8.50. The van der Waals surface area contributed by atoms with Gasteiger partial charge in [0, 0.05) is 26.2 Å². The minimum atomic E-state index is -3.58. The Kier molecular flexibility index (Phi) is 4.34. The van der Waals surface area contributed by atoms with Crippen LogP contribution in [0.4, 0.5) is 5.69 Å². The van der Waals surface area contributed by atoms with Crippen molar-refractivity contribution in [2.24, 2.45) is 0 Å². The number of hydrogen-bond donors (Lipinski definition) is 2. The van der Waals surface area contributed by atoms with Gasteiger partial charge in [-0.2, -0.15) is 12.7 Å². The van der Waals surface area contributed by atoms with Gasteiger partial charge in [0.25, 0.3) is 0 Å². The van der Waals surface area contributed by atoms with Crippen molar-refractivity contribution in [3.63, 3.8) is 0 Å². The van der Waals surface area contributed by atoms with Crippen LogP contribution in [0.3, 0.4) is 0 Å². The lowest BCUT2D eigenvalue weighted by molar-refractivity contribution is 0.362. The first-order valence-corrected chi connectivity index (χ1v) is 7.63. The highest BCUT2D eigenvalue weighted by atomic mass is 35.5. The van der Waals surface area contributed by atoms with Crippen LogP contribution in [-0.2, 0) is 10.2 Å². The Morgan fingerprint density at radius 1 is 1.22 bits per heavy atom. The van der Waals surface area contributed by atoms with Crippen molar-refractivity contribution in [3.8, 4) is 0 Å². The summed E-state index contributed by atoms with van der Waals surface area (Å²) < 4.78 is 28.0. The van der Waals surface area contributed by atoms with Gasteiger partial charge >= 0.3 is 10.2 Å². The van der Waals surface area contributed by atoms with Gasteiger partial charge in [0.1, 0.15) is 0 Å². The summed E-state index contributed by atoms with van der Waals surface area (Å²) in [5, 5.41) is 3.61. The zero-order valence-corrected chi connectivity index (χ0v) is 11.8. The molecule has 0 saturated carbocycles. The number of nitrogens with zero attached hydrogens (tertiary/aromatic N) is 1. The second kappa shape index (κ2) is 5.63. The maximum absolute atomic E-state index is 12.1. The van der Waals surface area contributed by atoms with E-state index in [-0.39, 0.29) is 5.02 Å². The predicted molar refractivity (Wildman–Crippen MR) is 73.4 cm³/mol. The van der Waals surface area contributed by atoms with Crippen molar-refractivity contribution in [3.05, 3.63) is 28.2 Å². The fourth-order valence-corrected chi connectivity index (χ4v) is 3.32. The molecular formula is C10H13Cl2N3O2S. The molecule has 0 bridgehead atoms. The Bertz CT molecular complexity index is 530. The Labute approximate surface area is 116 Å². The molecule has 18 heavy (non-hydrogen) atoms. The summed E-state index contributed by atoms with van der Waals surface area (Å²) in [5.41, 5.74) is 0.294. The average molecular weight is 310 g/mol. The predicted octanol–water partition coefficient (Wildman–Crippen LogP) is 1.56. The van der Waals surface area contributed by atoms with Crippen LogP contribution in [0, 0.1) is 0 Å². The Morgan fingerprint density at radius 3 is 2.56 bits per heavy atom. The van der Waals surface area contributed by atoms with E-state index in [1.54, 1.807) is 18.2 Å². The summed E-state index contributed by atoms with van der Waals surface area (Å²) in [5.74, 6) is 0. The lowest BCUT2D eigenvalue weighted by Crippen LogP contribution is -2.48. The number of piperazine rings is 1. The zero-order chi connectivity index (χ0) is 13.2. The molecular weight excluding hydrogens is 297 g/mol. The zero-order valence-electron chi connectivity index (χ0n) is 9.49. The average Bonchev–Trinajstić information content (AvgIpc) is 2.36. The van der Waals surface area contributed by atoms with Gasteiger partial charge in [0.05, 0.1) is 15.7 Å². The van der Waals surface area contributed by atoms with Crippen LogP contribution in [0.5, 0.6) is 0 Å². The van der Waals surface area contributed by atoms with Gasteiger partial charge < -0.3 is 5.32 Å². The van der Waals surface area contributed by atoms with Gasteiger partial charge in [0.2, 0.25) is 0 Å². The van der Waals surface area contributed by atoms with Crippen LogP contribution in [-0.4, -0.2) is 38.9 Å². The molecule has 100 valence electrons. The molecule has 0 aromatic heterocycles.